The van der Waals surface area contributed by atoms with Crippen molar-refractivity contribution in [2.45, 2.75) is 12.5 Å². The number of hydrogen-bond donors (Lipinski definition) is 1. The zero-order valence-corrected chi connectivity index (χ0v) is 16.9. The summed E-state index contributed by atoms with van der Waals surface area (Å²) in [4.78, 5) is 15.0. The Labute approximate surface area is 171 Å². The summed E-state index contributed by atoms with van der Waals surface area (Å²) in [5.74, 6) is 0.445. The van der Waals surface area contributed by atoms with Crippen molar-refractivity contribution in [3.05, 3.63) is 42.4 Å². The van der Waals surface area contributed by atoms with Crippen LogP contribution in [0.15, 0.2) is 36.8 Å². The summed E-state index contributed by atoms with van der Waals surface area (Å²) < 4.78 is 58.4. The maximum atomic E-state index is 13.1. The minimum absolute atomic E-state index is 0.106. The summed E-state index contributed by atoms with van der Waals surface area (Å²) in [6.45, 7) is 1.51. The van der Waals surface area contributed by atoms with Gasteiger partial charge in [0.2, 0.25) is 16.0 Å². The molecule has 4 heterocycles. The molecule has 1 atom stereocenters. The van der Waals surface area contributed by atoms with Gasteiger partial charge >= 0.3 is 0 Å². The smallest absolute Gasteiger partial charge is 0.265 e. The fourth-order valence-electron chi connectivity index (χ4n) is 3.23. The monoisotopic (exact) mass is 438 g/mol. The van der Waals surface area contributed by atoms with Gasteiger partial charge in [-0.25, -0.2) is 36.9 Å². The van der Waals surface area contributed by atoms with E-state index in [0.717, 1.165) is 6.26 Å². The molecular formula is C18H20F2N6O3S. The fourth-order valence-corrected chi connectivity index (χ4v) is 3.72. The molecule has 0 radical (unpaired) electrons. The lowest BCUT2D eigenvalue weighted by Gasteiger charge is -2.33. The molecule has 0 unspecified atom stereocenters. The number of aromatic nitrogens is 4. The normalized spacial score (nSPS) is 17.7. The molecule has 0 aromatic carbocycles. The first-order chi connectivity index (χ1) is 14.3. The SMILES string of the molecule is CS(=O)(=O)NC[C@@H]1CN(c2nccc(-c3cnc4ccc(C(F)F)cn34)n2)CCO1. The van der Waals surface area contributed by atoms with Gasteiger partial charge in [0.05, 0.1) is 36.6 Å². The average molecular weight is 438 g/mol. The van der Waals surface area contributed by atoms with Crippen molar-refractivity contribution >= 4 is 21.6 Å². The highest BCUT2D eigenvalue weighted by Gasteiger charge is 2.24. The number of nitrogens with one attached hydrogen (secondary N) is 1. The molecule has 12 heteroatoms. The van der Waals surface area contributed by atoms with Crippen LogP contribution in [0.4, 0.5) is 14.7 Å². The van der Waals surface area contributed by atoms with E-state index in [1.54, 1.807) is 22.9 Å². The lowest BCUT2D eigenvalue weighted by atomic mass is 10.2. The molecular weight excluding hydrogens is 418 g/mol. The van der Waals surface area contributed by atoms with Gasteiger partial charge in [0.1, 0.15) is 5.65 Å². The van der Waals surface area contributed by atoms with Crippen LogP contribution in [0.5, 0.6) is 0 Å². The molecule has 1 fully saturated rings. The zero-order chi connectivity index (χ0) is 21.3. The Hall–Kier alpha value is -2.70. The number of hydrogen-bond acceptors (Lipinski definition) is 7. The Morgan fingerprint density at radius 3 is 2.90 bits per heavy atom. The zero-order valence-electron chi connectivity index (χ0n) is 16.1. The molecule has 0 spiro atoms. The molecule has 0 saturated carbocycles. The Morgan fingerprint density at radius 2 is 2.13 bits per heavy atom. The Balaban J connectivity index is 1.59. The summed E-state index contributed by atoms with van der Waals surface area (Å²) in [5.41, 5.74) is 1.54. The number of nitrogens with zero attached hydrogens (tertiary/aromatic N) is 5. The van der Waals surface area contributed by atoms with Crippen molar-refractivity contribution in [3.8, 4) is 11.4 Å². The first-order valence-electron chi connectivity index (χ1n) is 9.20. The molecule has 9 nitrogen and oxygen atoms in total. The lowest BCUT2D eigenvalue weighted by Crippen LogP contribution is -2.48. The van der Waals surface area contributed by atoms with Crippen LogP contribution in [0.25, 0.3) is 17.0 Å². The summed E-state index contributed by atoms with van der Waals surface area (Å²) in [6, 6.07) is 4.57. The quantitative estimate of drug-likeness (QED) is 0.622. The minimum atomic E-state index is -3.32. The predicted molar refractivity (Wildman–Crippen MR) is 106 cm³/mol. The van der Waals surface area contributed by atoms with Gasteiger partial charge < -0.3 is 9.64 Å². The van der Waals surface area contributed by atoms with Gasteiger partial charge in [-0.2, -0.15) is 0 Å². The van der Waals surface area contributed by atoms with Crippen molar-refractivity contribution in [2.75, 3.05) is 37.4 Å². The maximum absolute atomic E-state index is 13.1. The van der Waals surface area contributed by atoms with Gasteiger partial charge in [0.15, 0.2) is 0 Å². The molecule has 1 saturated heterocycles. The molecule has 4 rings (SSSR count). The van der Waals surface area contributed by atoms with E-state index in [1.807, 2.05) is 4.90 Å². The van der Waals surface area contributed by atoms with E-state index in [2.05, 4.69) is 19.7 Å². The van der Waals surface area contributed by atoms with E-state index < -0.39 is 16.4 Å². The average Bonchev–Trinajstić information content (AvgIpc) is 3.15. The van der Waals surface area contributed by atoms with Crippen LogP contribution >= 0.6 is 0 Å². The van der Waals surface area contributed by atoms with E-state index in [9.17, 15) is 17.2 Å². The summed E-state index contributed by atoms with van der Waals surface area (Å²) in [7, 11) is -3.32. The number of sulfonamides is 1. The van der Waals surface area contributed by atoms with E-state index >= 15 is 0 Å². The number of rotatable bonds is 6. The largest absolute Gasteiger partial charge is 0.373 e. The first kappa shape index (κ1) is 20.6. The highest BCUT2D eigenvalue weighted by atomic mass is 32.2. The third-order valence-electron chi connectivity index (χ3n) is 4.68. The fraction of sp³-hybridized carbons (Fsp3) is 0.389. The van der Waals surface area contributed by atoms with E-state index in [-0.39, 0.29) is 18.2 Å². The maximum Gasteiger partial charge on any atom is 0.265 e. The van der Waals surface area contributed by atoms with Crippen molar-refractivity contribution in [3.63, 3.8) is 0 Å². The van der Waals surface area contributed by atoms with Crippen LogP contribution in [0, 0.1) is 0 Å². The molecule has 0 amide bonds. The summed E-state index contributed by atoms with van der Waals surface area (Å²) >= 11 is 0. The van der Waals surface area contributed by atoms with E-state index in [1.165, 1.54) is 18.3 Å². The van der Waals surface area contributed by atoms with Gasteiger partial charge in [-0.3, -0.25) is 4.40 Å². The number of anilines is 1. The molecule has 1 N–H and O–H groups in total. The van der Waals surface area contributed by atoms with Crippen molar-refractivity contribution in [1.29, 1.82) is 0 Å². The highest BCUT2D eigenvalue weighted by Crippen LogP contribution is 2.25. The number of ether oxygens (including phenoxy) is 1. The second kappa shape index (κ2) is 8.20. The Kier molecular flexibility index (Phi) is 5.62. The van der Waals surface area contributed by atoms with Crippen molar-refractivity contribution in [1.82, 2.24) is 24.1 Å². The third-order valence-corrected chi connectivity index (χ3v) is 5.37. The predicted octanol–water partition coefficient (Wildman–Crippen LogP) is 1.48. The van der Waals surface area contributed by atoms with Gasteiger partial charge in [-0.05, 0) is 18.2 Å². The van der Waals surface area contributed by atoms with Crippen LogP contribution in [-0.4, -0.2) is 66.4 Å². The number of pyridine rings is 1. The molecule has 0 bridgehead atoms. The van der Waals surface area contributed by atoms with Crippen LogP contribution in [-0.2, 0) is 14.8 Å². The van der Waals surface area contributed by atoms with Gasteiger partial charge in [0.25, 0.3) is 6.43 Å². The van der Waals surface area contributed by atoms with Crippen LogP contribution in [0.2, 0.25) is 0 Å². The summed E-state index contributed by atoms with van der Waals surface area (Å²) in [6.07, 6.45) is 2.69. The van der Waals surface area contributed by atoms with Gasteiger partial charge in [-0.15, -0.1) is 0 Å². The number of fused-ring (bicyclic) bond motifs is 1. The molecule has 160 valence electrons. The molecule has 3 aromatic heterocycles. The minimum Gasteiger partial charge on any atom is -0.373 e. The molecule has 0 aliphatic carbocycles. The second-order valence-corrected chi connectivity index (χ2v) is 8.77. The number of alkyl halides is 2. The number of imidazole rings is 1. The third kappa shape index (κ3) is 4.55. The van der Waals surface area contributed by atoms with Crippen LogP contribution < -0.4 is 9.62 Å². The number of morpholine rings is 1. The van der Waals surface area contributed by atoms with Crippen LogP contribution in [0.1, 0.15) is 12.0 Å². The molecule has 1 aliphatic heterocycles. The lowest BCUT2D eigenvalue weighted by molar-refractivity contribution is 0.0437. The standard InChI is InChI=1S/C18H20F2N6O3S/c1-30(27,28)23-8-13-11-25(6-7-29-13)18-21-5-4-14(24-18)15-9-22-16-3-2-12(17(19)20)10-26(15)16/h2-5,9-10,13,17,23H,6-8,11H2,1H3/t13-/m1/s1. The van der Waals surface area contributed by atoms with E-state index in [0.29, 0.717) is 42.7 Å². The topological polar surface area (TPSA) is 102 Å². The van der Waals surface area contributed by atoms with Crippen molar-refractivity contribution < 1.29 is 21.9 Å². The van der Waals surface area contributed by atoms with Crippen LogP contribution in [0.3, 0.4) is 0 Å². The number of halogens is 2. The molecule has 30 heavy (non-hydrogen) atoms. The van der Waals surface area contributed by atoms with E-state index in [4.69, 9.17) is 4.74 Å². The molecule has 1 aliphatic rings. The second-order valence-electron chi connectivity index (χ2n) is 6.94. The van der Waals surface area contributed by atoms with Gasteiger partial charge in [0, 0.05) is 37.6 Å². The summed E-state index contributed by atoms with van der Waals surface area (Å²) in [5, 5.41) is 0. The Bertz CT molecular complexity index is 1150. The first-order valence-corrected chi connectivity index (χ1v) is 11.1. The van der Waals surface area contributed by atoms with Crippen molar-refractivity contribution in [2.24, 2.45) is 0 Å². The molecule has 3 aromatic rings. The highest BCUT2D eigenvalue weighted by molar-refractivity contribution is 7.88. The van der Waals surface area contributed by atoms with Gasteiger partial charge in [-0.1, -0.05) is 0 Å². The Morgan fingerprint density at radius 1 is 1.30 bits per heavy atom.